The van der Waals surface area contributed by atoms with Crippen LogP contribution in [0.3, 0.4) is 0 Å². The van der Waals surface area contributed by atoms with Crippen LogP contribution in [-0.2, 0) is 0 Å². The van der Waals surface area contributed by atoms with E-state index in [0.29, 0.717) is 12.5 Å². The third-order valence-corrected chi connectivity index (χ3v) is 1.80. The Bertz CT molecular complexity index is 58.1. The van der Waals surface area contributed by atoms with Crippen LogP contribution in [0.1, 0.15) is 41.0 Å². The smallest absolute Gasteiger partial charge is 1.00 e. The van der Waals surface area contributed by atoms with Crippen LogP contribution >= 0.6 is 0 Å². The Morgan fingerprint density at radius 3 is 2.30 bits per heavy atom. The average Bonchev–Trinajstić information content (AvgIpc) is 1.91. The van der Waals surface area contributed by atoms with Crippen LogP contribution in [0.15, 0.2) is 0 Å². The van der Waals surface area contributed by atoms with Crippen molar-refractivity contribution in [3.8, 4) is 0 Å². The molecule has 0 aliphatic carbocycles. The van der Waals surface area contributed by atoms with E-state index in [1.165, 1.54) is 19.3 Å². The number of rotatable bonds is 5. The summed E-state index contributed by atoms with van der Waals surface area (Å²) in [6.07, 6.45) is 4.83. The van der Waals surface area contributed by atoms with E-state index < -0.39 is 0 Å². The number of unbranched alkanes of at least 4 members (excludes halogenated alkanes) is 1. The Labute approximate surface area is 108 Å². The first-order valence-electron chi connectivity index (χ1n) is 3.96. The first-order chi connectivity index (χ1) is 4.35. The van der Waals surface area contributed by atoms with Crippen molar-refractivity contribution in [1.82, 2.24) is 0 Å². The number of aliphatic hydroxyl groups excluding tert-OH is 1. The van der Waals surface area contributed by atoms with Crippen molar-refractivity contribution in [2.24, 2.45) is 5.92 Å². The zero-order valence-electron chi connectivity index (χ0n) is 8.56. The van der Waals surface area contributed by atoms with Gasteiger partial charge in [0, 0.05) is 6.61 Å². The van der Waals surface area contributed by atoms with E-state index >= 15 is 0 Å². The van der Waals surface area contributed by atoms with Crippen molar-refractivity contribution in [3.05, 3.63) is 0 Å². The summed E-state index contributed by atoms with van der Waals surface area (Å²) in [6.45, 7) is 4.69. The van der Waals surface area contributed by atoms with Crippen molar-refractivity contribution in [3.63, 3.8) is 0 Å². The van der Waals surface area contributed by atoms with E-state index in [-0.39, 0.29) is 52.8 Å². The molecule has 0 aliphatic rings. The molecular formula is C8H19KO. The summed E-state index contributed by atoms with van der Waals surface area (Å²) in [7, 11) is 0. The average molecular weight is 170 g/mol. The molecule has 0 radical (unpaired) electrons. The Kier molecular flexibility index (Phi) is 15.0. The molecule has 2 heteroatoms. The van der Waals surface area contributed by atoms with Gasteiger partial charge in [0.1, 0.15) is 0 Å². The van der Waals surface area contributed by atoms with Gasteiger partial charge < -0.3 is 6.53 Å². The summed E-state index contributed by atoms with van der Waals surface area (Å²) in [5, 5.41) is 8.75. The van der Waals surface area contributed by atoms with Crippen molar-refractivity contribution >= 4 is 0 Å². The first kappa shape index (κ1) is 14.1. The maximum absolute atomic E-state index is 8.75. The number of aliphatic hydroxyl groups is 1. The van der Waals surface area contributed by atoms with E-state index in [1.54, 1.807) is 0 Å². The molecule has 0 spiro atoms. The topological polar surface area (TPSA) is 20.2 Å². The van der Waals surface area contributed by atoms with Gasteiger partial charge in [-0.1, -0.05) is 33.1 Å². The van der Waals surface area contributed by atoms with Crippen LogP contribution in [-0.4, -0.2) is 11.7 Å². The molecule has 10 heavy (non-hydrogen) atoms. The second-order valence-electron chi connectivity index (χ2n) is 2.60. The second kappa shape index (κ2) is 10.6. The summed E-state index contributed by atoms with van der Waals surface area (Å²) in [4.78, 5) is 0. The summed E-state index contributed by atoms with van der Waals surface area (Å²) in [5.74, 6) is 0.560. The zero-order valence-corrected chi connectivity index (χ0v) is 10.7. The maximum atomic E-state index is 8.75. The molecule has 1 atom stereocenters. The van der Waals surface area contributed by atoms with Crippen molar-refractivity contribution in [1.29, 1.82) is 0 Å². The van der Waals surface area contributed by atoms with Gasteiger partial charge in [-0.3, -0.25) is 0 Å². The predicted molar refractivity (Wildman–Crippen MR) is 41.5 cm³/mol. The van der Waals surface area contributed by atoms with Crippen molar-refractivity contribution in [2.45, 2.75) is 39.5 Å². The van der Waals surface area contributed by atoms with Crippen LogP contribution in [0.4, 0.5) is 0 Å². The molecule has 0 aromatic rings. The standard InChI is InChI=1S/C8H18O.K.H/c1-3-5-6-8(4-2)7-9;;/h8-9H,3-7H2,1-2H3;;/q;+1;-1. The fourth-order valence-electron chi connectivity index (χ4n) is 0.917. The van der Waals surface area contributed by atoms with Gasteiger partial charge in [-0.15, -0.1) is 0 Å². The normalized spacial score (nSPS) is 12.3. The third kappa shape index (κ3) is 7.70. The Morgan fingerprint density at radius 2 is 2.00 bits per heavy atom. The van der Waals surface area contributed by atoms with E-state index in [1.807, 2.05) is 0 Å². The maximum Gasteiger partial charge on any atom is 1.00 e. The van der Waals surface area contributed by atoms with Gasteiger partial charge in [0.05, 0.1) is 0 Å². The van der Waals surface area contributed by atoms with Crippen LogP contribution in [0.2, 0.25) is 0 Å². The Balaban J connectivity index is -0.000000320. The minimum absolute atomic E-state index is 0. The van der Waals surface area contributed by atoms with Gasteiger partial charge in [-0.2, -0.15) is 0 Å². The quantitative estimate of drug-likeness (QED) is 0.542. The van der Waals surface area contributed by atoms with E-state index in [9.17, 15) is 0 Å². The molecule has 0 saturated heterocycles. The molecule has 0 aromatic heterocycles. The fraction of sp³-hybridized carbons (Fsp3) is 1.00. The minimum Gasteiger partial charge on any atom is -1.00 e. The largest absolute Gasteiger partial charge is 1.00 e. The monoisotopic (exact) mass is 170 g/mol. The molecule has 0 saturated carbocycles. The van der Waals surface area contributed by atoms with Gasteiger partial charge in [0.2, 0.25) is 0 Å². The fourth-order valence-corrected chi connectivity index (χ4v) is 0.917. The molecule has 58 valence electrons. The van der Waals surface area contributed by atoms with E-state index in [4.69, 9.17) is 5.11 Å². The Hall–Kier alpha value is 1.60. The molecular weight excluding hydrogens is 151 g/mol. The SMILES string of the molecule is CCCCC(CC)CO.[H-].[K+]. The van der Waals surface area contributed by atoms with Crippen molar-refractivity contribution < 1.29 is 57.9 Å². The predicted octanol–water partition coefficient (Wildman–Crippen LogP) is -0.688. The molecule has 0 rings (SSSR count). The molecule has 0 amide bonds. The molecule has 1 nitrogen and oxygen atoms in total. The van der Waals surface area contributed by atoms with Gasteiger partial charge in [-0.05, 0) is 12.3 Å². The van der Waals surface area contributed by atoms with Gasteiger partial charge in [0.15, 0.2) is 0 Å². The van der Waals surface area contributed by atoms with Crippen LogP contribution in [0.25, 0.3) is 0 Å². The molecule has 0 heterocycles. The molecule has 1 N–H and O–H groups in total. The number of hydrogen-bond donors (Lipinski definition) is 1. The third-order valence-electron chi connectivity index (χ3n) is 1.80. The minimum atomic E-state index is 0. The number of hydrogen-bond acceptors (Lipinski definition) is 1. The van der Waals surface area contributed by atoms with Crippen LogP contribution in [0.5, 0.6) is 0 Å². The van der Waals surface area contributed by atoms with E-state index in [0.717, 1.165) is 6.42 Å². The molecule has 1 unspecified atom stereocenters. The second-order valence-corrected chi connectivity index (χ2v) is 2.60. The summed E-state index contributed by atoms with van der Waals surface area (Å²) < 4.78 is 0. The van der Waals surface area contributed by atoms with E-state index in [2.05, 4.69) is 13.8 Å². The molecule has 0 bridgehead atoms. The molecule has 0 aromatic carbocycles. The van der Waals surface area contributed by atoms with Crippen LogP contribution in [0, 0.1) is 5.92 Å². The first-order valence-corrected chi connectivity index (χ1v) is 3.96. The van der Waals surface area contributed by atoms with Gasteiger partial charge in [-0.25, -0.2) is 0 Å². The summed E-state index contributed by atoms with van der Waals surface area (Å²) >= 11 is 0. The summed E-state index contributed by atoms with van der Waals surface area (Å²) in [5.41, 5.74) is 0. The van der Waals surface area contributed by atoms with Gasteiger partial charge >= 0.3 is 51.4 Å². The molecule has 0 aliphatic heterocycles. The zero-order chi connectivity index (χ0) is 7.11. The molecule has 0 fully saturated rings. The Morgan fingerprint density at radius 1 is 1.40 bits per heavy atom. The van der Waals surface area contributed by atoms with Crippen molar-refractivity contribution in [2.75, 3.05) is 6.61 Å². The van der Waals surface area contributed by atoms with Gasteiger partial charge in [0.25, 0.3) is 0 Å². The summed E-state index contributed by atoms with van der Waals surface area (Å²) in [6, 6.07) is 0. The van der Waals surface area contributed by atoms with Crippen LogP contribution < -0.4 is 51.4 Å².